The molecule has 0 amide bonds. The Bertz CT molecular complexity index is 410. The van der Waals surface area contributed by atoms with E-state index in [2.05, 4.69) is 9.97 Å². The third-order valence-corrected chi connectivity index (χ3v) is 1.71. The lowest BCUT2D eigenvalue weighted by molar-refractivity contribution is 0.402. The van der Waals surface area contributed by atoms with Gasteiger partial charge in [-0.15, -0.1) is 0 Å². The summed E-state index contributed by atoms with van der Waals surface area (Å²) in [4.78, 5) is 6.66. The summed E-state index contributed by atoms with van der Waals surface area (Å²) in [5.74, 6) is 0.127. The van der Waals surface area contributed by atoms with Crippen molar-refractivity contribution in [2.24, 2.45) is 0 Å². The maximum absolute atomic E-state index is 12.9. The zero-order valence-electron chi connectivity index (χ0n) is 6.47. The van der Waals surface area contributed by atoms with E-state index in [1.807, 2.05) is 0 Å². The summed E-state index contributed by atoms with van der Waals surface area (Å²) in [5.41, 5.74) is 0.595. The van der Waals surface area contributed by atoms with Gasteiger partial charge in [0.05, 0.1) is 7.11 Å². The highest BCUT2D eigenvalue weighted by Gasteiger charge is 2.07. The monoisotopic (exact) mass is 166 g/mol. The molecule has 0 fully saturated rings. The Morgan fingerprint density at radius 1 is 1.58 bits per heavy atom. The number of ether oxygens (including phenoxy) is 1. The highest BCUT2D eigenvalue weighted by atomic mass is 19.1. The summed E-state index contributed by atoms with van der Waals surface area (Å²) >= 11 is 0. The Kier molecular flexibility index (Phi) is 1.46. The molecule has 0 aliphatic heterocycles. The van der Waals surface area contributed by atoms with Gasteiger partial charge in [0.25, 0.3) is 0 Å². The van der Waals surface area contributed by atoms with E-state index < -0.39 is 0 Å². The molecule has 0 unspecified atom stereocenters. The van der Waals surface area contributed by atoms with Crippen LogP contribution in [-0.2, 0) is 0 Å². The normalized spacial score (nSPS) is 10.5. The fourth-order valence-electron chi connectivity index (χ4n) is 1.15. The molecule has 2 heterocycles. The average molecular weight is 166 g/mol. The minimum atomic E-state index is -0.286. The topological polar surface area (TPSA) is 37.9 Å². The molecule has 0 atom stereocenters. The predicted octanol–water partition coefficient (Wildman–Crippen LogP) is 1.71. The molecule has 0 spiro atoms. The highest BCUT2D eigenvalue weighted by Crippen LogP contribution is 2.22. The van der Waals surface area contributed by atoms with E-state index >= 15 is 0 Å². The van der Waals surface area contributed by atoms with Crippen LogP contribution in [0.3, 0.4) is 0 Å². The van der Waals surface area contributed by atoms with E-state index in [-0.39, 0.29) is 5.82 Å². The molecule has 0 saturated heterocycles. The Labute approximate surface area is 68.2 Å². The SMILES string of the molecule is COc1nccc2c(F)c[nH]c12. The Hall–Kier alpha value is -1.58. The van der Waals surface area contributed by atoms with Gasteiger partial charge in [0.15, 0.2) is 0 Å². The van der Waals surface area contributed by atoms with Gasteiger partial charge in [-0.1, -0.05) is 0 Å². The van der Waals surface area contributed by atoms with Crippen molar-refractivity contribution in [3.8, 4) is 5.88 Å². The van der Waals surface area contributed by atoms with Crippen LogP contribution in [0.25, 0.3) is 10.9 Å². The van der Waals surface area contributed by atoms with E-state index in [0.29, 0.717) is 16.8 Å². The van der Waals surface area contributed by atoms with E-state index in [4.69, 9.17) is 4.74 Å². The number of hydrogen-bond acceptors (Lipinski definition) is 2. The Morgan fingerprint density at radius 2 is 2.42 bits per heavy atom. The van der Waals surface area contributed by atoms with Gasteiger partial charge >= 0.3 is 0 Å². The third kappa shape index (κ3) is 0.845. The largest absolute Gasteiger partial charge is 0.479 e. The molecule has 0 aliphatic carbocycles. The van der Waals surface area contributed by atoms with Gasteiger partial charge in [0.2, 0.25) is 5.88 Å². The van der Waals surface area contributed by atoms with E-state index in [1.54, 1.807) is 6.07 Å². The number of fused-ring (bicyclic) bond motifs is 1. The van der Waals surface area contributed by atoms with Crippen LogP contribution in [0.2, 0.25) is 0 Å². The van der Waals surface area contributed by atoms with Crippen LogP contribution in [0.1, 0.15) is 0 Å². The van der Waals surface area contributed by atoms with Crippen LogP contribution >= 0.6 is 0 Å². The van der Waals surface area contributed by atoms with Crippen LogP contribution in [0.4, 0.5) is 4.39 Å². The van der Waals surface area contributed by atoms with Crippen LogP contribution in [-0.4, -0.2) is 17.1 Å². The standard InChI is InChI=1S/C8H7FN2O/c1-12-8-7-5(2-3-10-8)6(9)4-11-7/h2-4,11H,1H3. The first-order valence-corrected chi connectivity index (χ1v) is 3.48. The number of halogens is 1. The van der Waals surface area contributed by atoms with E-state index in [9.17, 15) is 4.39 Å². The first kappa shape index (κ1) is 7.09. The van der Waals surface area contributed by atoms with Crippen molar-refractivity contribution < 1.29 is 9.13 Å². The number of aromatic nitrogens is 2. The molecule has 3 nitrogen and oxygen atoms in total. The molecule has 0 aromatic carbocycles. The molecular weight excluding hydrogens is 159 g/mol. The van der Waals surface area contributed by atoms with Crippen molar-refractivity contribution >= 4 is 10.9 Å². The number of aromatic amines is 1. The molecule has 0 aliphatic rings. The zero-order chi connectivity index (χ0) is 8.55. The minimum absolute atomic E-state index is 0.286. The number of nitrogens with one attached hydrogen (secondary N) is 1. The second-order valence-electron chi connectivity index (χ2n) is 2.38. The van der Waals surface area contributed by atoms with Gasteiger partial charge in [-0.2, -0.15) is 0 Å². The predicted molar refractivity (Wildman–Crippen MR) is 42.6 cm³/mol. The van der Waals surface area contributed by atoms with Crippen molar-refractivity contribution in [2.75, 3.05) is 7.11 Å². The molecule has 12 heavy (non-hydrogen) atoms. The minimum Gasteiger partial charge on any atom is -0.479 e. The molecule has 0 saturated carbocycles. The first-order chi connectivity index (χ1) is 5.83. The van der Waals surface area contributed by atoms with Gasteiger partial charge in [0, 0.05) is 17.8 Å². The number of nitrogens with zero attached hydrogens (tertiary/aromatic N) is 1. The summed E-state index contributed by atoms with van der Waals surface area (Å²) in [7, 11) is 1.50. The van der Waals surface area contributed by atoms with Crippen LogP contribution < -0.4 is 4.74 Å². The lowest BCUT2D eigenvalue weighted by Crippen LogP contribution is -1.87. The number of pyridine rings is 1. The molecule has 1 N–H and O–H groups in total. The fraction of sp³-hybridized carbons (Fsp3) is 0.125. The second kappa shape index (κ2) is 2.48. The van der Waals surface area contributed by atoms with Crippen molar-refractivity contribution in [3.05, 3.63) is 24.3 Å². The molecule has 0 radical (unpaired) electrons. The summed E-state index contributed by atoms with van der Waals surface area (Å²) in [6, 6.07) is 1.60. The van der Waals surface area contributed by atoms with Crippen molar-refractivity contribution in [3.63, 3.8) is 0 Å². The molecule has 2 aromatic rings. The van der Waals surface area contributed by atoms with Crippen molar-refractivity contribution in [1.29, 1.82) is 0 Å². The summed E-state index contributed by atoms with van der Waals surface area (Å²) < 4.78 is 17.9. The van der Waals surface area contributed by atoms with Crippen molar-refractivity contribution in [2.45, 2.75) is 0 Å². The number of methoxy groups -OCH3 is 1. The molecule has 0 bridgehead atoms. The maximum Gasteiger partial charge on any atom is 0.238 e. The van der Waals surface area contributed by atoms with Crippen LogP contribution in [0.5, 0.6) is 5.88 Å². The second-order valence-corrected chi connectivity index (χ2v) is 2.38. The lowest BCUT2D eigenvalue weighted by Gasteiger charge is -1.97. The molecular formula is C8H7FN2O. The third-order valence-electron chi connectivity index (χ3n) is 1.71. The summed E-state index contributed by atoms with van der Waals surface area (Å²) in [6.45, 7) is 0. The Balaban J connectivity index is 2.81. The fourth-order valence-corrected chi connectivity index (χ4v) is 1.15. The number of hydrogen-bond donors (Lipinski definition) is 1. The van der Waals surface area contributed by atoms with E-state index in [1.165, 1.54) is 19.5 Å². The maximum atomic E-state index is 12.9. The summed E-state index contributed by atoms with van der Waals surface area (Å²) in [5, 5.41) is 0.502. The average Bonchev–Trinajstić information content (AvgIpc) is 2.48. The van der Waals surface area contributed by atoms with Gasteiger partial charge in [-0.3, -0.25) is 0 Å². The zero-order valence-corrected chi connectivity index (χ0v) is 6.47. The van der Waals surface area contributed by atoms with E-state index in [0.717, 1.165) is 0 Å². The van der Waals surface area contributed by atoms with Gasteiger partial charge in [0.1, 0.15) is 11.3 Å². The quantitative estimate of drug-likeness (QED) is 0.700. The number of H-pyrrole nitrogens is 1. The molecule has 4 heteroatoms. The lowest BCUT2D eigenvalue weighted by atomic mass is 10.3. The molecule has 2 rings (SSSR count). The van der Waals surface area contributed by atoms with Gasteiger partial charge in [-0.25, -0.2) is 9.37 Å². The smallest absolute Gasteiger partial charge is 0.238 e. The summed E-state index contributed by atoms with van der Waals surface area (Å²) in [6.07, 6.45) is 2.80. The highest BCUT2D eigenvalue weighted by molar-refractivity contribution is 5.83. The van der Waals surface area contributed by atoms with Gasteiger partial charge in [-0.05, 0) is 6.07 Å². The first-order valence-electron chi connectivity index (χ1n) is 3.48. The Morgan fingerprint density at radius 3 is 3.17 bits per heavy atom. The van der Waals surface area contributed by atoms with Crippen LogP contribution in [0, 0.1) is 5.82 Å². The molecule has 2 aromatic heterocycles. The van der Waals surface area contributed by atoms with Crippen molar-refractivity contribution in [1.82, 2.24) is 9.97 Å². The molecule has 62 valence electrons. The number of rotatable bonds is 1. The van der Waals surface area contributed by atoms with Crippen LogP contribution in [0.15, 0.2) is 18.5 Å². The van der Waals surface area contributed by atoms with Gasteiger partial charge < -0.3 is 9.72 Å².